The molecule has 0 aliphatic carbocycles. The van der Waals surface area contributed by atoms with E-state index in [-0.39, 0.29) is 0 Å². The molecule has 3 aromatic carbocycles. The van der Waals surface area contributed by atoms with E-state index in [4.69, 9.17) is 9.72 Å². The van der Waals surface area contributed by atoms with Gasteiger partial charge in [0.05, 0.1) is 5.56 Å². The molecule has 0 fully saturated rings. The first-order valence-electron chi connectivity index (χ1n) is 8.57. The van der Waals surface area contributed by atoms with Crippen LogP contribution in [-0.2, 0) is 7.05 Å². The van der Waals surface area contributed by atoms with Crippen molar-refractivity contribution < 1.29 is 9.30 Å². The fourth-order valence-corrected chi connectivity index (χ4v) is 3.97. The molecule has 5 rings (SSSR count). The van der Waals surface area contributed by atoms with Crippen LogP contribution in [0.1, 0.15) is 16.7 Å². The molecule has 1 aliphatic heterocycles. The molecule has 0 N–H and O–H groups in total. The highest BCUT2D eigenvalue weighted by atomic mass is 16.5. The molecule has 0 spiro atoms. The third kappa shape index (κ3) is 1.81. The molecule has 4 aromatic rings. The van der Waals surface area contributed by atoms with Gasteiger partial charge in [0, 0.05) is 11.5 Å². The predicted molar refractivity (Wildman–Crippen MR) is 100 cm³/mol. The van der Waals surface area contributed by atoms with Gasteiger partial charge in [0.2, 0.25) is 5.52 Å². The second-order valence-corrected chi connectivity index (χ2v) is 6.92. The Hall–Kier alpha value is -2.94. The summed E-state index contributed by atoms with van der Waals surface area (Å²) in [5.74, 6) is 1.58. The van der Waals surface area contributed by atoms with E-state index >= 15 is 0 Å². The largest absolute Gasteiger partial charge is 0.433 e. The van der Waals surface area contributed by atoms with E-state index in [1.165, 1.54) is 27.5 Å². The normalized spacial score (nSPS) is 12.3. The molecule has 0 radical (unpaired) electrons. The minimum Gasteiger partial charge on any atom is -0.433 e. The third-order valence-electron chi connectivity index (χ3n) is 5.42. The number of hydrogen-bond donors (Lipinski definition) is 0. The number of hydrogen-bond acceptors (Lipinski definition) is 2. The lowest BCUT2D eigenvalue weighted by Gasteiger charge is -2.21. The Morgan fingerprint density at radius 1 is 0.960 bits per heavy atom. The molecular formula is C22H19N2O+. The van der Waals surface area contributed by atoms with Crippen LogP contribution in [-0.4, -0.2) is 4.98 Å². The van der Waals surface area contributed by atoms with Crippen LogP contribution in [0.15, 0.2) is 42.5 Å². The summed E-state index contributed by atoms with van der Waals surface area (Å²) in [6.45, 7) is 6.46. The first-order valence-corrected chi connectivity index (χ1v) is 8.57. The maximum Gasteiger partial charge on any atom is 0.294 e. The number of ether oxygens (including phenoxy) is 1. The Bertz CT molecular complexity index is 1210. The van der Waals surface area contributed by atoms with Gasteiger partial charge in [0.25, 0.3) is 11.6 Å². The molecule has 3 nitrogen and oxygen atoms in total. The number of fused-ring (bicyclic) bond motifs is 3. The zero-order valence-corrected chi connectivity index (χ0v) is 14.8. The van der Waals surface area contributed by atoms with Crippen molar-refractivity contribution in [2.24, 2.45) is 7.05 Å². The number of rotatable bonds is 0. The molecule has 3 heteroatoms. The average molecular weight is 327 g/mol. The Morgan fingerprint density at radius 2 is 1.76 bits per heavy atom. The summed E-state index contributed by atoms with van der Waals surface area (Å²) in [5.41, 5.74) is 8.14. The first kappa shape index (κ1) is 14.4. The highest BCUT2D eigenvalue weighted by molar-refractivity contribution is 6.04. The standard InChI is InChI=1S/C22H19N2O/c1-12-7-5-9-16-20(12)23-22-21(24(16)4)18-14(3)13(2)11-15-8-6-10-17(25-22)19(15)18/h5-11H,1-4H3/q+1. The third-order valence-corrected chi connectivity index (χ3v) is 5.42. The molecule has 0 amide bonds. The quantitative estimate of drug-likeness (QED) is 0.378. The number of aryl methyl sites for hydroxylation is 3. The molecule has 1 aliphatic rings. The number of aromatic nitrogens is 2. The summed E-state index contributed by atoms with van der Waals surface area (Å²) in [6, 6.07) is 14.8. The molecule has 25 heavy (non-hydrogen) atoms. The van der Waals surface area contributed by atoms with Gasteiger partial charge in [-0.25, -0.2) is 4.98 Å². The minimum atomic E-state index is 0.693. The van der Waals surface area contributed by atoms with Crippen molar-refractivity contribution in [3.05, 3.63) is 59.2 Å². The Balaban J connectivity index is 2.03. The van der Waals surface area contributed by atoms with Gasteiger partial charge >= 0.3 is 0 Å². The Kier molecular flexibility index (Phi) is 2.76. The van der Waals surface area contributed by atoms with Gasteiger partial charge in [-0.05, 0) is 48.9 Å². The maximum atomic E-state index is 6.26. The van der Waals surface area contributed by atoms with E-state index in [0.717, 1.165) is 28.0 Å². The van der Waals surface area contributed by atoms with Gasteiger partial charge in [-0.15, -0.1) is 0 Å². The van der Waals surface area contributed by atoms with Gasteiger partial charge < -0.3 is 4.74 Å². The molecule has 0 saturated heterocycles. The maximum absolute atomic E-state index is 6.26. The van der Waals surface area contributed by atoms with Crippen molar-refractivity contribution in [3.63, 3.8) is 0 Å². The monoisotopic (exact) mass is 327 g/mol. The summed E-state index contributed by atoms with van der Waals surface area (Å²) in [5, 5.41) is 2.40. The smallest absolute Gasteiger partial charge is 0.294 e. The summed E-state index contributed by atoms with van der Waals surface area (Å²) in [4.78, 5) is 4.89. The minimum absolute atomic E-state index is 0.693. The van der Waals surface area contributed by atoms with E-state index in [1.807, 2.05) is 12.1 Å². The number of benzene rings is 3. The van der Waals surface area contributed by atoms with Gasteiger partial charge in [0.1, 0.15) is 18.3 Å². The lowest BCUT2D eigenvalue weighted by molar-refractivity contribution is -0.634. The second-order valence-electron chi connectivity index (χ2n) is 6.92. The highest BCUT2D eigenvalue weighted by Crippen LogP contribution is 2.46. The van der Waals surface area contributed by atoms with Crippen LogP contribution < -0.4 is 9.30 Å². The number of para-hydroxylation sites is 1. The van der Waals surface area contributed by atoms with Crippen LogP contribution in [0.25, 0.3) is 33.1 Å². The zero-order chi connectivity index (χ0) is 17.3. The topological polar surface area (TPSA) is 26.0 Å². The molecule has 122 valence electrons. The second kappa shape index (κ2) is 4.79. The molecule has 1 aromatic heterocycles. The summed E-state index contributed by atoms with van der Waals surface area (Å²) >= 11 is 0. The Morgan fingerprint density at radius 3 is 2.60 bits per heavy atom. The van der Waals surface area contributed by atoms with Crippen molar-refractivity contribution >= 4 is 21.8 Å². The van der Waals surface area contributed by atoms with Gasteiger partial charge in [-0.2, -0.15) is 4.57 Å². The molecule has 0 saturated carbocycles. The summed E-state index contributed by atoms with van der Waals surface area (Å²) < 4.78 is 8.48. The van der Waals surface area contributed by atoms with E-state index in [2.05, 4.69) is 62.7 Å². The van der Waals surface area contributed by atoms with Crippen LogP contribution >= 0.6 is 0 Å². The first-order chi connectivity index (χ1) is 12.1. The van der Waals surface area contributed by atoms with Crippen LogP contribution in [0.4, 0.5) is 0 Å². The van der Waals surface area contributed by atoms with Crippen LogP contribution in [0.2, 0.25) is 0 Å². The van der Waals surface area contributed by atoms with Gasteiger partial charge in [-0.1, -0.05) is 30.3 Å². The Labute approximate surface area is 146 Å². The lowest BCUT2D eigenvalue weighted by atomic mass is 9.91. The molecule has 0 unspecified atom stereocenters. The number of nitrogens with zero attached hydrogens (tertiary/aromatic N) is 2. The van der Waals surface area contributed by atoms with E-state index < -0.39 is 0 Å². The van der Waals surface area contributed by atoms with E-state index in [0.29, 0.717) is 5.88 Å². The molecule has 0 bridgehead atoms. The van der Waals surface area contributed by atoms with Crippen molar-refractivity contribution in [1.82, 2.24) is 4.98 Å². The van der Waals surface area contributed by atoms with Crippen molar-refractivity contribution in [2.45, 2.75) is 20.8 Å². The lowest BCUT2D eigenvalue weighted by Crippen LogP contribution is -2.34. The fraction of sp³-hybridized carbons (Fsp3) is 0.182. The van der Waals surface area contributed by atoms with Crippen molar-refractivity contribution in [3.8, 4) is 22.9 Å². The summed E-state index contributed by atoms with van der Waals surface area (Å²) in [7, 11) is 2.10. The highest BCUT2D eigenvalue weighted by Gasteiger charge is 2.32. The van der Waals surface area contributed by atoms with Crippen LogP contribution in [0.3, 0.4) is 0 Å². The van der Waals surface area contributed by atoms with Crippen molar-refractivity contribution in [1.29, 1.82) is 0 Å². The van der Waals surface area contributed by atoms with Crippen molar-refractivity contribution in [2.75, 3.05) is 0 Å². The average Bonchev–Trinajstić information content (AvgIpc) is 2.60. The van der Waals surface area contributed by atoms with Gasteiger partial charge in [0.15, 0.2) is 0 Å². The van der Waals surface area contributed by atoms with Gasteiger partial charge in [-0.3, -0.25) is 0 Å². The predicted octanol–water partition coefficient (Wildman–Crippen LogP) is 4.91. The molecular weight excluding hydrogens is 308 g/mol. The van der Waals surface area contributed by atoms with E-state index in [1.54, 1.807) is 0 Å². The summed E-state index contributed by atoms with van der Waals surface area (Å²) in [6.07, 6.45) is 0. The SMILES string of the molecule is Cc1cc2cccc3c2c(c1C)-c1c(nc2c(C)cccc2[n+]1C)O3. The molecule has 0 atom stereocenters. The zero-order valence-electron chi connectivity index (χ0n) is 14.8. The van der Waals surface area contributed by atoms with Crippen LogP contribution in [0, 0.1) is 20.8 Å². The van der Waals surface area contributed by atoms with E-state index in [9.17, 15) is 0 Å². The molecule has 2 heterocycles. The fourth-order valence-electron chi connectivity index (χ4n) is 3.97. The van der Waals surface area contributed by atoms with Crippen LogP contribution in [0.5, 0.6) is 11.6 Å².